The predicted molar refractivity (Wildman–Crippen MR) is 81.9 cm³/mol. The summed E-state index contributed by atoms with van der Waals surface area (Å²) in [6.45, 7) is 4.76. The maximum atomic E-state index is 12.6. The maximum Gasteiger partial charge on any atom is 0.244 e. The number of hydrogen-bond donors (Lipinski definition) is 0. The van der Waals surface area contributed by atoms with Crippen molar-refractivity contribution in [2.75, 3.05) is 13.1 Å². The lowest BCUT2D eigenvalue weighted by atomic mass is 10.1. The molecular weight excluding hydrogens is 300 g/mol. The van der Waals surface area contributed by atoms with Gasteiger partial charge in [-0.2, -0.15) is 4.31 Å². The molecule has 6 nitrogen and oxygen atoms in total. The van der Waals surface area contributed by atoms with E-state index in [-0.39, 0.29) is 10.8 Å². The second-order valence-electron chi connectivity index (χ2n) is 5.55. The zero-order valence-corrected chi connectivity index (χ0v) is 13.4. The molecule has 0 unspecified atom stereocenters. The quantitative estimate of drug-likeness (QED) is 0.860. The zero-order chi connectivity index (χ0) is 15.7. The van der Waals surface area contributed by atoms with Gasteiger partial charge in [-0.25, -0.2) is 18.4 Å². The van der Waals surface area contributed by atoms with Gasteiger partial charge in [0.15, 0.2) is 0 Å². The summed E-state index contributed by atoms with van der Waals surface area (Å²) in [5, 5.41) is 0. The highest BCUT2D eigenvalue weighted by atomic mass is 32.2. The molecular formula is C15H18N4O2S. The molecule has 0 amide bonds. The van der Waals surface area contributed by atoms with Gasteiger partial charge in [-0.15, -0.1) is 0 Å². The fourth-order valence-corrected chi connectivity index (χ4v) is 4.21. The van der Waals surface area contributed by atoms with Crippen LogP contribution in [0.4, 0.5) is 0 Å². The third-order valence-electron chi connectivity index (χ3n) is 3.79. The van der Waals surface area contributed by atoms with E-state index in [0.29, 0.717) is 13.1 Å². The van der Waals surface area contributed by atoms with Crippen molar-refractivity contribution in [3.8, 4) is 0 Å². The predicted octanol–water partition coefficient (Wildman–Crippen LogP) is 1.67. The van der Waals surface area contributed by atoms with Crippen molar-refractivity contribution in [2.45, 2.75) is 31.1 Å². The molecule has 3 heterocycles. The highest BCUT2D eigenvalue weighted by Gasteiger charge is 2.34. The van der Waals surface area contributed by atoms with Crippen LogP contribution < -0.4 is 0 Å². The van der Waals surface area contributed by atoms with Crippen LogP contribution in [0.5, 0.6) is 0 Å². The molecule has 2 aromatic heterocycles. The Bertz CT molecular complexity index is 757. The van der Waals surface area contributed by atoms with E-state index in [9.17, 15) is 8.42 Å². The van der Waals surface area contributed by atoms with Crippen molar-refractivity contribution in [1.82, 2.24) is 19.3 Å². The number of nitrogens with zero attached hydrogens (tertiary/aromatic N) is 4. The van der Waals surface area contributed by atoms with E-state index in [1.165, 1.54) is 10.5 Å². The van der Waals surface area contributed by atoms with Gasteiger partial charge in [-0.1, -0.05) is 0 Å². The largest absolute Gasteiger partial charge is 0.263 e. The molecule has 0 saturated carbocycles. The van der Waals surface area contributed by atoms with Crippen LogP contribution in [-0.2, 0) is 10.0 Å². The van der Waals surface area contributed by atoms with E-state index in [1.807, 2.05) is 19.9 Å². The van der Waals surface area contributed by atoms with E-state index in [2.05, 4.69) is 15.0 Å². The van der Waals surface area contributed by atoms with Crippen LogP contribution in [0.25, 0.3) is 0 Å². The van der Waals surface area contributed by atoms with Crippen molar-refractivity contribution in [2.24, 2.45) is 0 Å². The highest BCUT2D eigenvalue weighted by molar-refractivity contribution is 7.89. The summed E-state index contributed by atoms with van der Waals surface area (Å²) >= 11 is 0. The minimum absolute atomic E-state index is 0.0463. The number of rotatable bonds is 3. The van der Waals surface area contributed by atoms with Crippen LogP contribution in [0.15, 0.2) is 35.5 Å². The van der Waals surface area contributed by atoms with Gasteiger partial charge in [-0.3, -0.25) is 4.98 Å². The number of aromatic nitrogens is 3. The number of sulfonamides is 1. The SMILES string of the molecule is Cc1cc(C)nc([C@H]2CCN(S(=O)(=O)c3cccnc3)C2)n1. The first-order valence-electron chi connectivity index (χ1n) is 7.19. The Morgan fingerprint density at radius 1 is 1.23 bits per heavy atom. The molecule has 0 aliphatic carbocycles. The zero-order valence-electron chi connectivity index (χ0n) is 12.6. The van der Waals surface area contributed by atoms with Crippen molar-refractivity contribution >= 4 is 10.0 Å². The first kappa shape index (κ1) is 15.1. The van der Waals surface area contributed by atoms with Gasteiger partial charge in [0.2, 0.25) is 10.0 Å². The molecule has 116 valence electrons. The van der Waals surface area contributed by atoms with Crippen molar-refractivity contribution < 1.29 is 8.42 Å². The van der Waals surface area contributed by atoms with E-state index >= 15 is 0 Å². The molecule has 1 saturated heterocycles. The molecule has 22 heavy (non-hydrogen) atoms. The molecule has 0 radical (unpaired) electrons. The topological polar surface area (TPSA) is 76.1 Å². The molecule has 2 aromatic rings. The third kappa shape index (κ3) is 2.86. The molecule has 0 bridgehead atoms. The fraction of sp³-hybridized carbons (Fsp3) is 0.400. The lowest BCUT2D eigenvalue weighted by Crippen LogP contribution is -2.29. The van der Waals surface area contributed by atoms with E-state index < -0.39 is 10.0 Å². The third-order valence-corrected chi connectivity index (χ3v) is 5.64. The van der Waals surface area contributed by atoms with Crippen molar-refractivity contribution in [3.63, 3.8) is 0 Å². The average Bonchev–Trinajstić information content (AvgIpc) is 2.98. The monoisotopic (exact) mass is 318 g/mol. The van der Waals surface area contributed by atoms with Crippen LogP contribution in [0.2, 0.25) is 0 Å². The molecule has 1 aliphatic rings. The van der Waals surface area contributed by atoms with Gasteiger partial charge in [0, 0.05) is 42.8 Å². The number of pyridine rings is 1. The minimum atomic E-state index is -3.48. The summed E-state index contributed by atoms with van der Waals surface area (Å²) in [5.41, 5.74) is 1.83. The standard InChI is InChI=1S/C15H18N4O2S/c1-11-8-12(2)18-15(17-11)13-5-7-19(10-13)22(20,21)14-4-3-6-16-9-14/h3-4,6,8-9,13H,5,7,10H2,1-2H3/t13-/m0/s1. The summed E-state index contributed by atoms with van der Waals surface area (Å²) in [6.07, 6.45) is 3.69. The van der Waals surface area contributed by atoms with E-state index in [1.54, 1.807) is 18.3 Å². The lowest BCUT2D eigenvalue weighted by Gasteiger charge is -2.16. The van der Waals surface area contributed by atoms with Crippen LogP contribution in [0.3, 0.4) is 0 Å². The normalized spacial score (nSPS) is 19.5. The molecule has 1 aliphatic heterocycles. The van der Waals surface area contributed by atoms with Crippen LogP contribution >= 0.6 is 0 Å². The summed E-state index contributed by atoms with van der Waals surface area (Å²) in [6, 6.07) is 5.12. The fourth-order valence-electron chi connectivity index (χ4n) is 2.74. The Balaban J connectivity index is 1.83. The Labute approximate surface area is 130 Å². The summed E-state index contributed by atoms with van der Waals surface area (Å²) in [5.74, 6) is 0.784. The second-order valence-corrected chi connectivity index (χ2v) is 7.48. The van der Waals surface area contributed by atoms with E-state index in [0.717, 1.165) is 23.6 Å². The Kier molecular flexibility index (Phi) is 3.92. The Hall–Kier alpha value is -1.86. The first-order valence-corrected chi connectivity index (χ1v) is 8.63. The Morgan fingerprint density at radius 2 is 1.95 bits per heavy atom. The second kappa shape index (κ2) is 5.73. The maximum absolute atomic E-state index is 12.6. The smallest absolute Gasteiger partial charge is 0.244 e. The van der Waals surface area contributed by atoms with Gasteiger partial charge in [0.1, 0.15) is 10.7 Å². The van der Waals surface area contributed by atoms with Gasteiger partial charge < -0.3 is 0 Å². The van der Waals surface area contributed by atoms with Gasteiger partial charge in [-0.05, 0) is 38.5 Å². The summed E-state index contributed by atoms with van der Waals surface area (Å²) in [7, 11) is -3.48. The molecule has 7 heteroatoms. The average molecular weight is 318 g/mol. The van der Waals surface area contributed by atoms with Crippen molar-refractivity contribution in [1.29, 1.82) is 0 Å². The number of hydrogen-bond acceptors (Lipinski definition) is 5. The lowest BCUT2D eigenvalue weighted by molar-refractivity contribution is 0.470. The Morgan fingerprint density at radius 3 is 2.59 bits per heavy atom. The van der Waals surface area contributed by atoms with Crippen LogP contribution in [0.1, 0.15) is 29.6 Å². The molecule has 3 rings (SSSR count). The minimum Gasteiger partial charge on any atom is -0.263 e. The molecule has 0 spiro atoms. The van der Waals surface area contributed by atoms with E-state index in [4.69, 9.17) is 0 Å². The van der Waals surface area contributed by atoms with Gasteiger partial charge >= 0.3 is 0 Å². The molecule has 0 aromatic carbocycles. The van der Waals surface area contributed by atoms with Crippen LogP contribution in [-0.4, -0.2) is 40.8 Å². The highest BCUT2D eigenvalue weighted by Crippen LogP contribution is 2.29. The number of aryl methyl sites for hydroxylation is 2. The van der Waals surface area contributed by atoms with Crippen molar-refractivity contribution in [3.05, 3.63) is 47.8 Å². The van der Waals surface area contributed by atoms with Gasteiger partial charge in [0.05, 0.1) is 0 Å². The van der Waals surface area contributed by atoms with Gasteiger partial charge in [0.25, 0.3) is 0 Å². The first-order chi connectivity index (χ1) is 10.5. The summed E-state index contributed by atoms with van der Waals surface area (Å²) < 4.78 is 26.7. The molecule has 1 atom stereocenters. The molecule has 1 fully saturated rings. The molecule has 0 N–H and O–H groups in total. The summed E-state index contributed by atoms with van der Waals surface area (Å²) in [4.78, 5) is 13.0. The van der Waals surface area contributed by atoms with Crippen LogP contribution in [0, 0.1) is 13.8 Å².